The van der Waals surface area contributed by atoms with Crippen molar-refractivity contribution in [1.82, 2.24) is 25.9 Å². The minimum Gasteiger partial charge on any atom is -0.469 e. The fraction of sp³-hybridized carbons (Fsp3) is 0.533. The molecular weight excluding hydrogens is 358 g/mol. The molecule has 1 heterocycles. The average Bonchev–Trinajstić information content (AvgIpc) is 3.03. The number of carbonyl (C=O) groups excluding carboxylic acids is 2. The number of nitriles is 1. The normalized spacial score (nSPS) is 10.7. The van der Waals surface area contributed by atoms with Crippen LogP contribution in [0.25, 0.3) is 0 Å². The summed E-state index contributed by atoms with van der Waals surface area (Å²) in [6.07, 6.45) is 3.16. The van der Waals surface area contributed by atoms with Crippen molar-refractivity contribution in [3.63, 3.8) is 0 Å². The number of aromatic nitrogens is 2. The monoisotopic (exact) mass is 381 g/mol. The van der Waals surface area contributed by atoms with Crippen LogP contribution >= 0.6 is 11.8 Å². The molecule has 0 radical (unpaired) electrons. The molecule has 11 heteroatoms. The fourth-order valence-corrected chi connectivity index (χ4v) is 2.61. The number of aliphatic imine (C=N–C) groups is 1. The number of nitrogens with zero attached hydrogens (tertiary/aromatic N) is 3. The van der Waals surface area contributed by atoms with Gasteiger partial charge in [0, 0.05) is 30.3 Å². The molecule has 142 valence electrons. The third-order valence-corrected chi connectivity index (χ3v) is 4.07. The van der Waals surface area contributed by atoms with E-state index in [-0.39, 0.29) is 13.0 Å². The number of imidazole rings is 1. The summed E-state index contributed by atoms with van der Waals surface area (Å²) in [6.45, 7) is 3.15. The smallest absolute Gasteiger partial charge is 0.315 e. The molecule has 0 aliphatic carbocycles. The van der Waals surface area contributed by atoms with E-state index in [9.17, 15) is 9.59 Å². The Kier molecular flexibility index (Phi) is 10.3. The van der Waals surface area contributed by atoms with Crippen LogP contribution in [-0.2, 0) is 20.1 Å². The van der Waals surface area contributed by atoms with Gasteiger partial charge in [0.15, 0.2) is 6.19 Å². The van der Waals surface area contributed by atoms with Gasteiger partial charge in [-0.05, 0) is 6.92 Å². The standard InChI is InChI=1S/C15H23N7O3S/c1-11-12(22-10-21-11)8-26-6-5-19-15(20-9-16)18-4-3-17-13(23)7-14(24)25-2/h10H,3-8H2,1-2H3,(H,17,23)(H,21,22)(H2,18,19,20). The highest BCUT2D eigenvalue weighted by Gasteiger charge is 2.08. The minimum atomic E-state index is -0.591. The molecule has 4 N–H and O–H groups in total. The van der Waals surface area contributed by atoms with E-state index in [1.165, 1.54) is 7.11 Å². The summed E-state index contributed by atoms with van der Waals surface area (Å²) in [6, 6.07) is 0. The number of thioether (sulfide) groups is 1. The van der Waals surface area contributed by atoms with Crippen molar-refractivity contribution in [2.45, 2.75) is 19.1 Å². The first kappa shape index (κ1) is 21.3. The van der Waals surface area contributed by atoms with Crippen molar-refractivity contribution in [2.24, 2.45) is 4.99 Å². The first-order valence-corrected chi connectivity index (χ1v) is 9.05. The van der Waals surface area contributed by atoms with Gasteiger partial charge in [0.2, 0.25) is 11.9 Å². The summed E-state index contributed by atoms with van der Waals surface area (Å²) < 4.78 is 4.40. The Balaban J connectivity index is 2.22. The highest BCUT2D eigenvalue weighted by atomic mass is 32.2. The lowest BCUT2D eigenvalue weighted by Crippen LogP contribution is -2.40. The van der Waals surface area contributed by atoms with Gasteiger partial charge in [-0.2, -0.15) is 17.0 Å². The van der Waals surface area contributed by atoms with Crippen LogP contribution in [0.4, 0.5) is 0 Å². The molecule has 0 bridgehead atoms. The first-order chi connectivity index (χ1) is 12.6. The lowest BCUT2D eigenvalue weighted by molar-refractivity contribution is -0.143. The summed E-state index contributed by atoms with van der Waals surface area (Å²) >= 11 is 1.70. The molecule has 0 aromatic carbocycles. The highest BCUT2D eigenvalue weighted by molar-refractivity contribution is 7.98. The van der Waals surface area contributed by atoms with Gasteiger partial charge in [0.05, 0.1) is 25.7 Å². The van der Waals surface area contributed by atoms with Crippen LogP contribution in [0.15, 0.2) is 11.3 Å². The van der Waals surface area contributed by atoms with E-state index in [1.807, 2.05) is 13.1 Å². The number of methoxy groups -OCH3 is 1. The highest BCUT2D eigenvalue weighted by Crippen LogP contribution is 2.11. The van der Waals surface area contributed by atoms with E-state index >= 15 is 0 Å². The number of rotatable bonds is 10. The van der Waals surface area contributed by atoms with E-state index in [0.717, 1.165) is 22.9 Å². The van der Waals surface area contributed by atoms with Crippen molar-refractivity contribution in [3.8, 4) is 6.19 Å². The van der Waals surface area contributed by atoms with Crippen LogP contribution < -0.4 is 16.0 Å². The number of hydrogen-bond donors (Lipinski definition) is 4. The average molecular weight is 381 g/mol. The predicted octanol–water partition coefficient (Wildman–Crippen LogP) is -0.353. The molecule has 0 spiro atoms. The van der Waals surface area contributed by atoms with Crippen LogP contribution in [0.3, 0.4) is 0 Å². The Morgan fingerprint density at radius 2 is 2.19 bits per heavy atom. The summed E-state index contributed by atoms with van der Waals surface area (Å²) in [7, 11) is 1.22. The maximum absolute atomic E-state index is 11.4. The van der Waals surface area contributed by atoms with Gasteiger partial charge in [-0.25, -0.2) is 4.98 Å². The number of ether oxygens (including phenoxy) is 1. The summed E-state index contributed by atoms with van der Waals surface area (Å²) in [5, 5.41) is 16.7. The second-order valence-corrected chi connectivity index (χ2v) is 6.13. The molecule has 0 saturated heterocycles. The number of aromatic amines is 1. The van der Waals surface area contributed by atoms with E-state index in [2.05, 4.69) is 35.6 Å². The first-order valence-electron chi connectivity index (χ1n) is 7.90. The molecule has 1 aromatic heterocycles. The van der Waals surface area contributed by atoms with Crippen LogP contribution in [0, 0.1) is 18.4 Å². The molecule has 0 saturated carbocycles. The van der Waals surface area contributed by atoms with Gasteiger partial charge >= 0.3 is 5.97 Å². The van der Waals surface area contributed by atoms with Gasteiger partial charge < -0.3 is 20.4 Å². The maximum Gasteiger partial charge on any atom is 0.315 e. The van der Waals surface area contributed by atoms with Gasteiger partial charge in [0.25, 0.3) is 0 Å². The zero-order valence-corrected chi connectivity index (χ0v) is 15.6. The number of guanidine groups is 1. The third kappa shape index (κ3) is 8.93. The largest absolute Gasteiger partial charge is 0.469 e. The molecule has 0 atom stereocenters. The molecule has 1 aromatic rings. The van der Waals surface area contributed by atoms with E-state index in [4.69, 9.17) is 5.26 Å². The number of H-pyrrole nitrogens is 1. The summed E-state index contributed by atoms with van der Waals surface area (Å²) in [4.78, 5) is 33.9. The Morgan fingerprint density at radius 1 is 1.42 bits per heavy atom. The van der Waals surface area contributed by atoms with Crippen molar-refractivity contribution in [2.75, 3.05) is 32.5 Å². The second kappa shape index (κ2) is 12.6. The Hall–Kier alpha value is -2.74. The molecular formula is C15H23N7O3S. The molecule has 0 aliphatic rings. The number of esters is 1. The Morgan fingerprint density at radius 3 is 2.85 bits per heavy atom. The lowest BCUT2D eigenvalue weighted by atomic mass is 10.4. The second-order valence-electron chi connectivity index (χ2n) is 5.02. The van der Waals surface area contributed by atoms with Crippen LogP contribution in [-0.4, -0.2) is 60.3 Å². The molecule has 1 rings (SSSR count). The van der Waals surface area contributed by atoms with Crippen molar-refractivity contribution >= 4 is 29.6 Å². The Labute approximate surface area is 156 Å². The quantitative estimate of drug-likeness (QED) is 0.0818. The molecule has 0 fully saturated rings. The number of carbonyl (C=O) groups is 2. The van der Waals surface area contributed by atoms with E-state index in [1.54, 1.807) is 18.1 Å². The van der Waals surface area contributed by atoms with Crippen molar-refractivity contribution in [1.29, 1.82) is 5.26 Å². The SMILES string of the molecule is COC(=O)CC(=O)NCCNC(=NCCSCc1nc[nH]c1C)NC#N. The van der Waals surface area contributed by atoms with Crippen molar-refractivity contribution in [3.05, 3.63) is 17.7 Å². The number of nitrogens with one attached hydrogen (secondary N) is 4. The molecule has 1 amide bonds. The van der Waals surface area contributed by atoms with Gasteiger partial charge in [-0.1, -0.05) is 0 Å². The van der Waals surface area contributed by atoms with Crippen LogP contribution in [0.1, 0.15) is 17.8 Å². The summed E-state index contributed by atoms with van der Waals surface area (Å²) in [5.41, 5.74) is 2.08. The summed E-state index contributed by atoms with van der Waals surface area (Å²) in [5.74, 6) is 0.902. The minimum absolute atomic E-state index is 0.287. The van der Waals surface area contributed by atoms with Gasteiger partial charge in [0.1, 0.15) is 6.42 Å². The maximum atomic E-state index is 11.4. The van der Waals surface area contributed by atoms with E-state index in [0.29, 0.717) is 19.0 Å². The number of hydrogen-bond acceptors (Lipinski definition) is 7. The molecule has 0 aliphatic heterocycles. The van der Waals surface area contributed by atoms with Gasteiger partial charge in [-0.3, -0.25) is 19.9 Å². The Bertz CT molecular complexity index is 654. The number of amides is 1. The van der Waals surface area contributed by atoms with Crippen LogP contribution in [0.5, 0.6) is 0 Å². The predicted molar refractivity (Wildman–Crippen MR) is 98.2 cm³/mol. The lowest BCUT2D eigenvalue weighted by Gasteiger charge is -2.09. The number of aryl methyl sites for hydroxylation is 1. The third-order valence-electron chi connectivity index (χ3n) is 3.13. The van der Waals surface area contributed by atoms with E-state index < -0.39 is 11.9 Å². The molecule has 26 heavy (non-hydrogen) atoms. The van der Waals surface area contributed by atoms with Gasteiger partial charge in [-0.15, -0.1) is 0 Å². The fourth-order valence-electron chi connectivity index (χ4n) is 1.76. The zero-order valence-electron chi connectivity index (χ0n) is 14.8. The molecule has 10 nitrogen and oxygen atoms in total. The van der Waals surface area contributed by atoms with Crippen molar-refractivity contribution < 1.29 is 14.3 Å². The topological polar surface area (TPSA) is 144 Å². The molecule has 0 unspecified atom stereocenters. The van der Waals surface area contributed by atoms with Crippen LogP contribution in [0.2, 0.25) is 0 Å². The zero-order chi connectivity index (χ0) is 19.2.